The van der Waals surface area contributed by atoms with Gasteiger partial charge in [0.2, 0.25) is 0 Å². The van der Waals surface area contributed by atoms with Crippen LogP contribution in [0.5, 0.6) is 0 Å². The van der Waals surface area contributed by atoms with Crippen LogP contribution in [0.25, 0.3) is 0 Å². The normalized spacial score (nSPS) is 12.2. The average molecular weight is 665 g/mol. The zero-order valence-electron chi connectivity index (χ0n) is 30.8. The highest BCUT2D eigenvalue weighted by atomic mass is 16.5. The highest BCUT2D eigenvalue weighted by molar-refractivity contribution is 5.14. The van der Waals surface area contributed by atoms with E-state index in [-0.39, 0.29) is 12.5 Å². The van der Waals surface area contributed by atoms with E-state index in [1.54, 1.807) is 0 Å². The van der Waals surface area contributed by atoms with Gasteiger partial charge in [0.05, 0.1) is 33.0 Å². The van der Waals surface area contributed by atoms with E-state index in [4.69, 9.17) is 19.3 Å². The molecule has 0 heterocycles. The molecule has 2 rings (SSSR count). The summed E-state index contributed by atoms with van der Waals surface area (Å²) < 4.78 is 17.4. The third-order valence-electron chi connectivity index (χ3n) is 8.68. The number of aliphatic hydroxyl groups is 1. The Kier molecular flexibility index (Phi) is 31.6. The number of ether oxygens (including phenoxy) is 3. The largest absolute Gasteiger partial charge is 0.396 e. The summed E-state index contributed by atoms with van der Waals surface area (Å²) in [6.45, 7) is 14.2. The van der Waals surface area contributed by atoms with Gasteiger partial charge >= 0.3 is 0 Å². The molecule has 0 saturated heterocycles. The second-order valence-corrected chi connectivity index (χ2v) is 13.3. The van der Waals surface area contributed by atoms with Gasteiger partial charge in [-0.25, -0.2) is 0 Å². The second kappa shape index (κ2) is 34.6. The van der Waals surface area contributed by atoms with E-state index < -0.39 is 0 Å². The maximum Gasteiger partial charge on any atom is 0.0717 e. The fraction of sp³-hybridized carbons (Fsp3) is 0.636. The number of allylic oxidation sites excluding steroid dienone is 2. The lowest BCUT2D eigenvalue weighted by Gasteiger charge is -2.16. The Bertz CT molecular complexity index is 931. The van der Waals surface area contributed by atoms with E-state index in [1.807, 2.05) is 48.6 Å². The van der Waals surface area contributed by atoms with Gasteiger partial charge in [-0.15, -0.1) is 13.2 Å². The first-order valence-electron chi connectivity index (χ1n) is 19.4. The molecule has 0 fully saturated rings. The lowest BCUT2D eigenvalue weighted by atomic mass is 10.0. The summed E-state index contributed by atoms with van der Waals surface area (Å²) in [6.07, 6.45) is 28.0. The predicted molar refractivity (Wildman–Crippen MR) is 206 cm³/mol. The van der Waals surface area contributed by atoms with Crippen LogP contribution in [0.1, 0.15) is 134 Å². The van der Waals surface area contributed by atoms with E-state index in [9.17, 15) is 0 Å². The van der Waals surface area contributed by atoms with Crippen molar-refractivity contribution in [3.05, 3.63) is 97.1 Å². The van der Waals surface area contributed by atoms with Gasteiger partial charge in [0.25, 0.3) is 0 Å². The van der Waals surface area contributed by atoms with Gasteiger partial charge in [-0.3, -0.25) is 0 Å². The van der Waals surface area contributed by atoms with Crippen LogP contribution in [0.2, 0.25) is 0 Å². The second-order valence-electron chi connectivity index (χ2n) is 13.3. The van der Waals surface area contributed by atoms with E-state index in [0.717, 1.165) is 38.2 Å². The van der Waals surface area contributed by atoms with Gasteiger partial charge in [-0.2, -0.15) is 0 Å². The van der Waals surface area contributed by atoms with Crippen molar-refractivity contribution in [1.82, 2.24) is 0 Å². The molecule has 48 heavy (non-hydrogen) atoms. The fourth-order valence-corrected chi connectivity index (χ4v) is 5.69. The van der Waals surface area contributed by atoms with Gasteiger partial charge < -0.3 is 19.3 Å². The summed E-state index contributed by atoms with van der Waals surface area (Å²) in [5, 5.41) is 9.03. The van der Waals surface area contributed by atoms with Crippen LogP contribution in [0, 0.1) is 11.8 Å². The SMILES string of the molecule is C=CC[C@H](CO)COCc1ccccc1.C=CC[C@H](COCCCCCCCCCCCCCCCCCC)COCc1ccccc1. The molecule has 0 aliphatic rings. The highest BCUT2D eigenvalue weighted by Gasteiger charge is 2.08. The molecule has 0 aliphatic heterocycles. The number of hydrogen-bond donors (Lipinski definition) is 1. The Morgan fingerprint density at radius 3 is 1.31 bits per heavy atom. The van der Waals surface area contributed by atoms with Crippen molar-refractivity contribution in [2.45, 2.75) is 136 Å². The lowest BCUT2D eigenvalue weighted by molar-refractivity contribution is 0.0328. The summed E-state index contributed by atoms with van der Waals surface area (Å²) in [7, 11) is 0. The topological polar surface area (TPSA) is 47.9 Å². The van der Waals surface area contributed by atoms with Gasteiger partial charge in [0.1, 0.15) is 0 Å². The molecule has 1 N–H and O–H groups in total. The Morgan fingerprint density at radius 1 is 0.521 bits per heavy atom. The van der Waals surface area contributed by atoms with Crippen LogP contribution in [0.4, 0.5) is 0 Å². The minimum Gasteiger partial charge on any atom is -0.396 e. The molecule has 0 bridgehead atoms. The Labute approximate surface area is 296 Å². The maximum absolute atomic E-state index is 9.03. The van der Waals surface area contributed by atoms with Crippen LogP contribution >= 0.6 is 0 Å². The Balaban J connectivity index is 0.000000637. The third kappa shape index (κ3) is 27.7. The molecule has 2 aromatic rings. The molecule has 0 aliphatic carbocycles. The molecule has 0 radical (unpaired) electrons. The van der Waals surface area contributed by atoms with Crippen LogP contribution in [0.15, 0.2) is 86.0 Å². The molecule has 272 valence electrons. The molecule has 0 spiro atoms. The minimum atomic E-state index is 0.154. The van der Waals surface area contributed by atoms with Crippen molar-refractivity contribution in [1.29, 1.82) is 0 Å². The van der Waals surface area contributed by atoms with Crippen LogP contribution in [0.3, 0.4) is 0 Å². The monoisotopic (exact) mass is 665 g/mol. The molecular weight excluding hydrogens is 592 g/mol. The van der Waals surface area contributed by atoms with Crippen molar-refractivity contribution in [3.63, 3.8) is 0 Å². The van der Waals surface area contributed by atoms with Crippen molar-refractivity contribution >= 4 is 0 Å². The van der Waals surface area contributed by atoms with Gasteiger partial charge in [0, 0.05) is 25.0 Å². The van der Waals surface area contributed by atoms with E-state index >= 15 is 0 Å². The summed E-state index contributed by atoms with van der Waals surface area (Å²) in [4.78, 5) is 0. The van der Waals surface area contributed by atoms with Crippen molar-refractivity contribution < 1.29 is 19.3 Å². The standard InChI is InChI=1S/C31H54O2.C13H18O2/c1-3-5-6-7-8-9-10-11-12-13-14-15-16-17-18-22-26-32-28-31(23-4-2)29-33-27-30-24-20-19-21-25-30;1-2-6-13(9-14)11-15-10-12-7-4-3-5-8-12/h4,19-21,24-25,31H,2-3,5-18,22-23,26-29H2,1H3;2-5,7-8,13-14H,1,6,9-11H2/t31-;13-/m11/s1. The van der Waals surface area contributed by atoms with Crippen molar-refractivity contribution in [2.24, 2.45) is 11.8 Å². The van der Waals surface area contributed by atoms with E-state index in [1.165, 1.54) is 108 Å². The molecular formula is C44H72O4. The Hall–Kier alpha value is -2.24. The smallest absolute Gasteiger partial charge is 0.0717 e. The van der Waals surface area contributed by atoms with Crippen LogP contribution in [-0.4, -0.2) is 38.1 Å². The predicted octanol–water partition coefficient (Wildman–Crippen LogP) is 12.1. The maximum atomic E-state index is 9.03. The first-order chi connectivity index (χ1) is 23.7. The van der Waals surface area contributed by atoms with Crippen LogP contribution in [-0.2, 0) is 27.4 Å². The number of unbranched alkanes of at least 4 members (excludes halogenated alkanes) is 15. The zero-order valence-corrected chi connectivity index (χ0v) is 30.8. The zero-order chi connectivity index (χ0) is 34.6. The van der Waals surface area contributed by atoms with E-state index in [0.29, 0.717) is 25.7 Å². The number of benzene rings is 2. The average Bonchev–Trinajstić information content (AvgIpc) is 3.12. The number of hydrogen-bond acceptors (Lipinski definition) is 4. The quantitative estimate of drug-likeness (QED) is 0.0624. The molecule has 4 nitrogen and oxygen atoms in total. The van der Waals surface area contributed by atoms with Crippen molar-refractivity contribution in [3.8, 4) is 0 Å². The lowest BCUT2D eigenvalue weighted by Crippen LogP contribution is -2.16. The summed E-state index contributed by atoms with van der Waals surface area (Å²) >= 11 is 0. The first kappa shape index (κ1) is 43.8. The molecule has 0 amide bonds. The summed E-state index contributed by atoms with van der Waals surface area (Å²) in [6, 6.07) is 20.4. The molecule has 2 aromatic carbocycles. The highest BCUT2D eigenvalue weighted by Crippen LogP contribution is 2.14. The number of rotatable bonds is 32. The van der Waals surface area contributed by atoms with Crippen LogP contribution < -0.4 is 0 Å². The van der Waals surface area contributed by atoms with Gasteiger partial charge in [-0.05, 0) is 30.4 Å². The fourth-order valence-electron chi connectivity index (χ4n) is 5.69. The van der Waals surface area contributed by atoms with E-state index in [2.05, 4.69) is 44.3 Å². The van der Waals surface area contributed by atoms with Gasteiger partial charge in [0.15, 0.2) is 0 Å². The summed E-state index contributed by atoms with van der Waals surface area (Å²) in [5.41, 5.74) is 2.39. The first-order valence-corrected chi connectivity index (χ1v) is 19.4. The minimum absolute atomic E-state index is 0.154. The third-order valence-corrected chi connectivity index (χ3v) is 8.68. The summed E-state index contributed by atoms with van der Waals surface area (Å²) in [5.74, 6) is 0.582. The van der Waals surface area contributed by atoms with Crippen molar-refractivity contribution in [2.75, 3.05) is 33.0 Å². The Morgan fingerprint density at radius 2 is 0.896 bits per heavy atom. The molecule has 0 saturated carbocycles. The molecule has 4 heteroatoms. The number of aliphatic hydroxyl groups excluding tert-OH is 1. The molecule has 0 unspecified atom stereocenters. The molecule has 0 aromatic heterocycles. The van der Waals surface area contributed by atoms with Gasteiger partial charge in [-0.1, -0.05) is 176 Å². The molecule has 2 atom stereocenters.